The number of ether oxygens (including phenoxy) is 1. The van der Waals surface area contributed by atoms with E-state index < -0.39 is 0 Å². The summed E-state index contributed by atoms with van der Waals surface area (Å²) in [5.74, 6) is 0.490. The minimum Gasteiger partial charge on any atom is -0.381 e. The van der Waals surface area contributed by atoms with Crippen molar-refractivity contribution in [3.8, 4) is 0 Å². The van der Waals surface area contributed by atoms with Crippen molar-refractivity contribution in [1.82, 2.24) is 0 Å². The summed E-state index contributed by atoms with van der Waals surface area (Å²) in [6.45, 7) is 6.49. The number of hydrogen-bond acceptors (Lipinski definition) is 2. The monoisotopic (exact) mass is 417 g/mol. The number of nitrogens with two attached hydrogens (primary N) is 1. The molecule has 2 unspecified atom stereocenters. The van der Waals surface area contributed by atoms with Gasteiger partial charge in [0, 0.05) is 18.2 Å². The second-order valence-electron chi connectivity index (χ2n) is 5.92. The van der Waals surface area contributed by atoms with Crippen molar-refractivity contribution < 1.29 is 4.74 Å². The number of methoxy groups -OCH3 is 1. The predicted molar refractivity (Wildman–Crippen MR) is 104 cm³/mol. The van der Waals surface area contributed by atoms with E-state index in [4.69, 9.17) is 15.5 Å². The molecule has 0 radical (unpaired) electrons. The first-order chi connectivity index (χ1) is 10.1. The molecule has 1 aromatic carbocycles. The molecule has 124 valence electrons. The van der Waals surface area contributed by atoms with Gasteiger partial charge in [0.2, 0.25) is 0 Å². The maximum atomic E-state index is 6.07. The Balaban J connectivity index is 0.00000242. The molecule has 0 spiro atoms. The van der Waals surface area contributed by atoms with Gasteiger partial charge in [0.1, 0.15) is 0 Å². The van der Waals surface area contributed by atoms with Crippen LogP contribution >= 0.6 is 24.0 Å². The van der Waals surface area contributed by atoms with Crippen LogP contribution in [0.2, 0.25) is 0 Å². The Kier molecular flexibility index (Phi) is 7.12. The number of aliphatic imine (C=N–C) groups is 1. The third-order valence-electron chi connectivity index (χ3n) is 4.96. The minimum atomic E-state index is 0. The molecule has 1 fully saturated rings. The van der Waals surface area contributed by atoms with Crippen molar-refractivity contribution in [1.29, 1.82) is 0 Å². The number of benzene rings is 1. The zero-order valence-electron chi connectivity index (χ0n) is 13.9. The Labute approximate surface area is 150 Å². The fourth-order valence-electron chi connectivity index (χ4n) is 3.40. The molecule has 22 heavy (non-hydrogen) atoms. The first-order valence-electron chi connectivity index (χ1n) is 7.75. The van der Waals surface area contributed by atoms with Gasteiger partial charge in [-0.3, -0.25) is 0 Å². The SMILES string of the molecule is CCC1(CC)C(N=C(N)Nc2ccc(C)cc2)CC1OC.I. The van der Waals surface area contributed by atoms with Gasteiger partial charge >= 0.3 is 0 Å². The quantitative estimate of drug-likeness (QED) is 0.434. The summed E-state index contributed by atoms with van der Waals surface area (Å²) in [7, 11) is 1.79. The molecule has 1 saturated carbocycles. The standard InChI is InChI=1S/C17H27N3O.HI/c1-5-17(6-2)14(11-15(17)21-4)20-16(18)19-13-9-7-12(3)8-10-13;/h7-10,14-15H,5-6,11H2,1-4H3,(H3,18,19,20);1H. The van der Waals surface area contributed by atoms with E-state index in [9.17, 15) is 0 Å². The summed E-state index contributed by atoms with van der Waals surface area (Å²) >= 11 is 0. The topological polar surface area (TPSA) is 59.6 Å². The number of nitrogens with zero attached hydrogens (tertiary/aromatic N) is 1. The van der Waals surface area contributed by atoms with Crippen molar-refractivity contribution >= 4 is 35.6 Å². The number of anilines is 1. The van der Waals surface area contributed by atoms with Crippen molar-refractivity contribution in [2.24, 2.45) is 16.1 Å². The summed E-state index contributed by atoms with van der Waals surface area (Å²) in [6.07, 6.45) is 3.38. The lowest BCUT2D eigenvalue weighted by Gasteiger charge is -2.53. The van der Waals surface area contributed by atoms with E-state index in [1.165, 1.54) is 5.56 Å². The van der Waals surface area contributed by atoms with E-state index in [2.05, 4.69) is 38.2 Å². The van der Waals surface area contributed by atoms with Crippen LogP contribution in [0, 0.1) is 12.3 Å². The van der Waals surface area contributed by atoms with Crippen molar-refractivity contribution in [2.45, 2.75) is 52.2 Å². The molecule has 0 bridgehead atoms. The molecule has 4 nitrogen and oxygen atoms in total. The second-order valence-corrected chi connectivity index (χ2v) is 5.92. The highest BCUT2D eigenvalue weighted by molar-refractivity contribution is 14.0. The van der Waals surface area contributed by atoms with Crippen molar-refractivity contribution in [3.63, 3.8) is 0 Å². The van der Waals surface area contributed by atoms with E-state index in [0.29, 0.717) is 12.1 Å². The molecule has 2 atom stereocenters. The fourth-order valence-corrected chi connectivity index (χ4v) is 3.40. The molecule has 1 aliphatic rings. The highest BCUT2D eigenvalue weighted by Crippen LogP contribution is 2.50. The van der Waals surface area contributed by atoms with Crippen LogP contribution in [0.3, 0.4) is 0 Å². The number of guanidine groups is 1. The average molecular weight is 417 g/mol. The molecule has 0 aliphatic heterocycles. The molecule has 0 amide bonds. The number of hydrogen-bond donors (Lipinski definition) is 2. The lowest BCUT2D eigenvalue weighted by atomic mass is 9.59. The summed E-state index contributed by atoms with van der Waals surface area (Å²) < 4.78 is 5.60. The van der Waals surface area contributed by atoms with Crippen LogP contribution < -0.4 is 11.1 Å². The van der Waals surface area contributed by atoms with E-state index in [0.717, 1.165) is 24.9 Å². The van der Waals surface area contributed by atoms with Gasteiger partial charge in [-0.05, 0) is 38.3 Å². The zero-order valence-corrected chi connectivity index (χ0v) is 16.3. The Morgan fingerprint density at radius 3 is 2.41 bits per heavy atom. The van der Waals surface area contributed by atoms with Crippen molar-refractivity contribution in [3.05, 3.63) is 29.8 Å². The number of aryl methyl sites for hydroxylation is 1. The number of halogens is 1. The second kappa shape index (κ2) is 8.15. The molecule has 0 aromatic heterocycles. The highest BCUT2D eigenvalue weighted by atomic mass is 127. The van der Waals surface area contributed by atoms with Crippen LogP contribution in [0.25, 0.3) is 0 Å². The van der Waals surface area contributed by atoms with E-state index >= 15 is 0 Å². The Bertz CT molecular complexity index is 497. The summed E-state index contributed by atoms with van der Waals surface area (Å²) in [5, 5.41) is 3.17. The lowest BCUT2D eigenvalue weighted by molar-refractivity contribution is -0.111. The maximum absolute atomic E-state index is 6.07. The van der Waals surface area contributed by atoms with Crippen LogP contribution in [0.5, 0.6) is 0 Å². The van der Waals surface area contributed by atoms with Crippen LogP contribution in [-0.4, -0.2) is 25.2 Å². The number of rotatable bonds is 5. The molecule has 0 saturated heterocycles. The maximum Gasteiger partial charge on any atom is 0.193 e. The molecule has 2 rings (SSSR count). The normalized spacial score (nSPS) is 23.4. The van der Waals surface area contributed by atoms with Gasteiger partial charge in [0.05, 0.1) is 12.1 Å². The van der Waals surface area contributed by atoms with E-state index in [1.807, 2.05) is 12.1 Å². The first kappa shape index (κ1) is 19.2. The Morgan fingerprint density at radius 1 is 1.32 bits per heavy atom. The van der Waals surface area contributed by atoms with Crippen molar-refractivity contribution in [2.75, 3.05) is 12.4 Å². The summed E-state index contributed by atoms with van der Waals surface area (Å²) in [5.41, 5.74) is 8.41. The molecular weight excluding hydrogens is 389 g/mol. The first-order valence-corrected chi connectivity index (χ1v) is 7.75. The van der Waals surface area contributed by atoms with Crippen LogP contribution in [-0.2, 0) is 4.74 Å². The zero-order chi connectivity index (χ0) is 15.5. The van der Waals surface area contributed by atoms with Gasteiger partial charge in [-0.1, -0.05) is 31.5 Å². The Hall–Kier alpha value is -0.820. The van der Waals surface area contributed by atoms with Gasteiger partial charge in [-0.15, -0.1) is 24.0 Å². The van der Waals surface area contributed by atoms with Crippen LogP contribution in [0.4, 0.5) is 5.69 Å². The third kappa shape index (κ3) is 3.74. The van der Waals surface area contributed by atoms with Crippen LogP contribution in [0.15, 0.2) is 29.3 Å². The van der Waals surface area contributed by atoms with Gasteiger partial charge in [-0.2, -0.15) is 0 Å². The molecular formula is C17H28IN3O. The van der Waals surface area contributed by atoms with Gasteiger partial charge < -0.3 is 15.8 Å². The third-order valence-corrected chi connectivity index (χ3v) is 4.96. The van der Waals surface area contributed by atoms with E-state index in [-0.39, 0.29) is 35.4 Å². The molecule has 0 heterocycles. The molecule has 1 aromatic rings. The predicted octanol–water partition coefficient (Wildman–Crippen LogP) is 3.93. The smallest absolute Gasteiger partial charge is 0.193 e. The largest absolute Gasteiger partial charge is 0.381 e. The fraction of sp³-hybridized carbons (Fsp3) is 0.588. The van der Waals surface area contributed by atoms with Gasteiger partial charge in [-0.25, -0.2) is 4.99 Å². The average Bonchev–Trinajstić information content (AvgIpc) is 2.47. The van der Waals surface area contributed by atoms with Gasteiger partial charge in [0.25, 0.3) is 0 Å². The minimum absolute atomic E-state index is 0. The van der Waals surface area contributed by atoms with E-state index in [1.54, 1.807) is 7.11 Å². The highest BCUT2D eigenvalue weighted by Gasteiger charge is 2.53. The summed E-state index contributed by atoms with van der Waals surface area (Å²) in [6, 6.07) is 8.40. The van der Waals surface area contributed by atoms with Gasteiger partial charge in [0.15, 0.2) is 5.96 Å². The molecule has 1 aliphatic carbocycles. The van der Waals surface area contributed by atoms with Crippen LogP contribution in [0.1, 0.15) is 38.7 Å². The summed E-state index contributed by atoms with van der Waals surface area (Å²) in [4.78, 5) is 4.70. The number of nitrogens with one attached hydrogen (secondary N) is 1. The molecule has 5 heteroatoms. The lowest BCUT2D eigenvalue weighted by Crippen LogP contribution is -2.57. The molecule has 3 N–H and O–H groups in total. The Morgan fingerprint density at radius 2 is 1.91 bits per heavy atom.